The lowest BCUT2D eigenvalue weighted by Crippen LogP contribution is -2.39. The Morgan fingerprint density at radius 1 is 1.14 bits per heavy atom. The molecule has 0 saturated heterocycles. The van der Waals surface area contributed by atoms with E-state index in [1.54, 1.807) is 0 Å². The monoisotopic (exact) mass is 527 g/mol. The summed E-state index contributed by atoms with van der Waals surface area (Å²) in [5, 5.41) is 5.99. The first-order valence-corrected chi connectivity index (χ1v) is 11.2. The lowest BCUT2D eigenvalue weighted by Gasteiger charge is -2.20. The van der Waals surface area contributed by atoms with Gasteiger partial charge in [0.2, 0.25) is 12.4 Å². The first kappa shape index (κ1) is 24.9. The normalized spacial score (nSPS) is 18.9. The summed E-state index contributed by atoms with van der Waals surface area (Å²) in [5.41, 5.74) is 0.185. The van der Waals surface area contributed by atoms with Gasteiger partial charge in [-0.05, 0) is 6.07 Å². The SMILES string of the molecule is COc1cc(OC)c(Cl)c(-c2cc3cnc(NC4CC(F)(F)CC4NC=O)nc3n(C)c2=O)c1Cl. The molecule has 1 amide bonds. The molecule has 9 nitrogen and oxygen atoms in total. The van der Waals surface area contributed by atoms with Crippen LogP contribution in [0.3, 0.4) is 0 Å². The number of aryl methyl sites for hydroxylation is 1. The van der Waals surface area contributed by atoms with Crippen LogP contribution in [0.2, 0.25) is 10.0 Å². The Bertz CT molecular complexity index is 1340. The van der Waals surface area contributed by atoms with E-state index in [1.165, 1.54) is 44.2 Å². The third kappa shape index (κ3) is 4.57. The van der Waals surface area contributed by atoms with Gasteiger partial charge >= 0.3 is 0 Å². The van der Waals surface area contributed by atoms with Gasteiger partial charge in [0.15, 0.2) is 0 Å². The van der Waals surface area contributed by atoms with Gasteiger partial charge in [0.1, 0.15) is 17.1 Å². The van der Waals surface area contributed by atoms with Crippen LogP contribution < -0.4 is 25.7 Å². The molecule has 1 aromatic carbocycles. The Labute approximate surface area is 208 Å². The van der Waals surface area contributed by atoms with E-state index in [-0.39, 0.29) is 44.3 Å². The molecule has 2 unspecified atom stereocenters. The number of nitrogens with zero attached hydrogens (tertiary/aromatic N) is 3. The van der Waals surface area contributed by atoms with E-state index >= 15 is 0 Å². The number of ether oxygens (including phenoxy) is 2. The molecule has 0 aliphatic heterocycles. The predicted octanol–water partition coefficient (Wildman–Crippen LogP) is 3.64. The first-order chi connectivity index (χ1) is 16.6. The van der Waals surface area contributed by atoms with E-state index in [1.807, 2.05) is 0 Å². The van der Waals surface area contributed by atoms with E-state index in [0.29, 0.717) is 11.8 Å². The average molecular weight is 528 g/mol. The second-order valence-electron chi connectivity index (χ2n) is 8.08. The molecule has 2 N–H and O–H groups in total. The van der Waals surface area contributed by atoms with Gasteiger partial charge in [0, 0.05) is 43.1 Å². The van der Waals surface area contributed by atoms with Crippen LogP contribution in [-0.4, -0.2) is 53.2 Å². The highest BCUT2D eigenvalue weighted by Crippen LogP contribution is 2.45. The van der Waals surface area contributed by atoms with E-state index in [0.717, 1.165) is 0 Å². The number of benzene rings is 1. The van der Waals surface area contributed by atoms with Crippen LogP contribution in [0, 0.1) is 0 Å². The van der Waals surface area contributed by atoms with E-state index in [2.05, 4.69) is 20.6 Å². The molecule has 1 saturated carbocycles. The second-order valence-corrected chi connectivity index (χ2v) is 8.84. The second kappa shape index (κ2) is 9.46. The number of hydrogen-bond donors (Lipinski definition) is 2. The molecule has 1 fully saturated rings. The highest BCUT2D eigenvalue weighted by atomic mass is 35.5. The van der Waals surface area contributed by atoms with Crippen LogP contribution >= 0.6 is 23.2 Å². The quantitative estimate of drug-likeness (QED) is 0.451. The zero-order valence-electron chi connectivity index (χ0n) is 18.9. The molecule has 4 rings (SSSR count). The lowest BCUT2D eigenvalue weighted by atomic mass is 10.0. The van der Waals surface area contributed by atoms with Gasteiger partial charge in [-0.3, -0.25) is 14.2 Å². The molecule has 2 aromatic heterocycles. The summed E-state index contributed by atoms with van der Waals surface area (Å²) in [6.45, 7) is 0. The highest BCUT2D eigenvalue weighted by Gasteiger charge is 2.46. The Morgan fingerprint density at radius 3 is 2.37 bits per heavy atom. The number of pyridine rings is 1. The van der Waals surface area contributed by atoms with Gasteiger partial charge in [0.05, 0.1) is 41.9 Å². The number of carbonyl (C=O) groups is 1. The summed E-state index contributed by atoms with van der Waals surface area (Å²) in [6, 6.07) is 1.47. The third-order valence-corrected chi connectivity index (χ3v) is 6.66. The summed E-state index contributed by atoms with van der Waals surface area (Å²) < 4.78 is 39.7. The minimum atomic E-state index is -2.94. The number of methoxy groups -OCH3 is 2. The molecule has 3 aromatic rings. The van der Waals surface area contributed by atoms with Gasteiger partial charge in [-0.25, -0.2) is 13.8 Å². The van der Waals surface area contributed by atoms with E-state index < -0.39 is 36.4 Å². The van der Waals surface area contributed by atoms with Crippen molar-refractivity contribution in [3.05, 3.63) is 38.7 Å². The number of anilines is 1. The van der Waals surface area contributed by atoms with Crippen LogP contribution in [0.15, 0.2) is 23.1 Å². The maximum absolute atomic E-state index is 13.9. The number of carbonyl (C=O) groups excluding carboxylic acids is 1. The number of rotatable bonds is 7. The van der Waals surface area contributed by atoms with Crippen molar-refractivity contribution >= 4 is 46.6 Å². The van der Waals surface area contributed by atoms with Gasteiger partial charge < -0.3 is 20.1 Å². The molecule has 2 atom stereocenters. The van der Waals surface area contributed by atoms with Crippen molar-refractivity contribution in [2.45, 2.75) is 30.8 Å². The third-order valence-electron chi connectivity index (χ3n) is 5.91. The standard InChI is InChI=1S/C22H21Cl2F2N5O4/c1-31-19-10(8-27-21(30-19)29-13-7-22(25,26)6-12(13)28-9-32)4-11(20(31)33)16-17(23)14(34-2)5-15(35-3)18(16)24/h4-5,8-9,12-13H,6-7H2,1-3H3,(H,28,32)(H,27,29,30). The van der Waals surface area contributed by atoms with Crippen LogP contribution in [0.4, 0.5) is 14.7 Å². The number of halogens is 4. The van der Waals surface area contributed by atoms with Gasteiger partial charge in [-0.1, -0.05) is 23.2 Å². The van der Waals surface area contributed by atoms with Crippen molar-refractivity contribution in [1.29, 1.82) is 0 Å². The zero-order valence-corrected chi connectivity index (χ0v) is 20.4. The van der Waals surface area contributed by atoms with E-state index in [9.17, 15) is 18.4 Å². The smallest absolute Gasteiger partial charge is 0.259 e. The molecular formula is C22H21Cl2F2N5O4. The molecule has 0 bridgehead atoms. The Kier molecular flexibility index (Phi) is 6.74. The highest BCUT2D eigenvalue weighted by molar-refractivity contribution is 6.41. The summed E-state index contributed by atoms with van der Waals surface area (Å²) >= 11 is 13.0. The van der Waals surface area contributed by atoms with E-state index in [4.69, 9.17) is 32.7 Å². The van der Waals surface area contributed by atoms with Crippen molar-refractivity contribution in [2.75, 3.05) is 19.5 Å². The van der Waals surface area contributed by atoms with Crippen LogP contribution in [0.1, 0.15) is 12.8 Å². The minimum absolute atomic E-state index is 0.0414. The van der Waals surface area contributed by atoms with Crippen LogP contribution in [0.5, 0.6) is 11.5 Å². The van der Waals surface area contributed by atoms with Crippen molar-refractivity contribution in [3.63, 3.8) is 0 Å². The first-order valence-electron chi connectivity index (χ1n) is 10.4. The Morgan fingerprint density at radius 2 is 1.77 bits per heavy atom. The molecule has 35 heavy (non-hydrogen) atoms. The van der Waals surface area contributed by atoms with Crippen molar-refractivity contribution in [3.8, 4) is 22.6 Å². The topological polar surface area (TPSA) is 107 Å². The molecule has 1 aliphatic carbocycles. The maximum atomic E-state index is 13.9. The molecule has 186 valence electrons. The molecule has 2 heterocycles. The average Bonchev–Trinajstić information content (AvgIpc) is 3.10. The van der Waals surface area contributed by atoms with Crippen LogP contribution in [0.25, 0.3) is 22.2 Å². The number of hydrogen-bond acceptors (Lipinski definition) is 7. The lowest BCUT2D eigenvalue weighted by molar-refractivity contribution is -0.110. The fraction of sp³-hybridized carbons (Fsp3) is 0.364. The molecule has 0 spiro atoms. The fourth-order valence-corrected chi connectivity index (χ4v) is 4.91. The zero-order chi connectivity index (χ0) is 25.5. The number of amides is 1. The molecule has 1 aliphatic rings. The van der Waals surface area contributed by atoms with Crippen molar-refractivity contribution < 1.29 is 23.0 Å². The predicted molar refractivity (Wildman–Crippen MR) is 128 cm³/mol. The largest absolute Gasteiger partial charge is 0.495 e. The number of fused-ring (bicyclic) bond motifs is 1. The summed E-state index contributed by atoms with van der Waals surface area (Å²) in [7, 11) is 4.35. The Hall–Kier alpha value is -3.18. The fourth-order valence-electron chi connectivity index (χ4n) is 4.21. The van der Waals surface area contributed by atoms with Gasteiger partial charge in [0.25, 0.3) is 11.5 Å². The summed E-state index contributed by atoms with van der Waals surface area (Å²) in [4.78, 5) is 32.7. The number of aromatic nitrogens is 3. The van der Waals surface area contributed by atoms with Crippen molar-refractivity contribution in [2.24, 2.45) is 7.05 Å². The minimum Gasteiger partial charge on any atom is -0.495 e. The van der Waals surface area contributed by atoms with Crippen LogP contribution in [-0.2, 0) is 11.8 Å². The number of alkyl halides is 2. The molecule has 0 radical (unpaired) electrons. The Balaban J connectivity index is 1.78. The molecule has 13 heteroatoms. The number of nitrogens with one attached hydrogen (secondary N) is 2. The van der Waals surface area contributed by atoms with Crippen molar-refractivity contribution in [1.82, 2.24) is 19.9 Å². The molecular weight excluding hydrogens is 507 g/mol. The van der Waals surface area contributed by atoms with Gasteiger partial charge in [-0.2, -0.15) is 4.98 Å². The summed E-state index contributed by atoms with van der Waals surface area (Å²) in [6.07, 6.45) is 0.843. The summed E-state index contributed by atoms with van der Waals surface area (Å²) in [5.74, 6) is -2.35. The van der Waals surface area contributed by atoms with Gasteiger partial charge in [-0.15, -0.1) is 0 Å². The maximum Gasteiger partial charge on any atom is 0.259 e.